The van der Waals surface area contributed by atoms with Gasteiger partial charge in [-0.05, 0) is 48.1 Å². The fraction of sp³-hybridized carbons (Fsp3) is 0.312. The van der Waals surface area contributed by atoms with Gasteiger partial charge >= 0.3 is 5.97 Å². The summed E-state index contributed by atoms with van der Waals surface area (Å²) in [7, 11) is 4.64. The molecule has 0 saturated carbocycles. The van der Waals surface area contributed by atoms with Crippen LogP contribution in [0.2, 0.25) is 0 Å². The van der Waals surface area contributed by atoms with Crippen molar-refractivity contribution in [2.75, 3.05) is 27.9 Å². The van der Waals surface area contributed by atoms with Crippen LogP contribution in [0.5, 0.6) is 17.2 Å². The minimum absolute atomic E-state index is 0.00740. The van der Waals surface area contributed by atoms with Crippen LogP contribution in [-0.4, -0.2) is 39.7 Å². The first-order valence-corrected chi connectivity index (χ1v) is 14.1. The minimum atomic E-state index is -0.647. The Morgan fingerprint density at radius 2 is 1.70 bits per heavy atom. The first-order chi connectivity index (χ1) is 19.4. The number of thiophene rings is 1. The van der Waals surface area contributed by atoms with Gasteiger partial charge in [0.2, 0.25) is 5.75 Å². The Hall–Kier alpha value is -4.04. The van der Waals surface area contributed by atoms with E-state index in [0.717, 1.165) is 11.3 Å². The molecule has 0 unspecified atom stereocenters. The van der Waals surface area contributed by atoms with Crippen LogP contribution in [0.4, 0.5) is 0 Å². The van der Waals surface area contributed by atoms with Gasteiger partial charge in [0.15, 0.2) is 17.3 Å². The summed E-state index contributed by atoms with van der Waals surface area (Å²) in [6, 6.07) is 17.6. The molecule has 208 valence electrons. The lowest BCUT2D eigenvalue weighted by Gasteiger charge is -2.36. The first kappa shape index (κ1) is 27.5. The SMILES string of the molecule is COc1cc([C@@H]2C(C(=O)OCCc3ccccc3)=C(C)NC3=C2C(=O)C[C@H](c2cccs2)C3)cc(OC)c1OC. The van der Waals surface area contributed by atoms with Crippen LogP contribution in [0.1, 0.15) is 47.6 Å². The number of Topliss-reactive ketones (excluding diaryl/α,β-unsaturated/α-hetero) is 1. The van der Waals surface area contributed by atoms with E-state index in [9.17, 15) is 9.59 Å². The Kier molecular flexibility index (Phi) is 8.26. The van der Waals surface area contributed by atoms with Gasteiger partial charge in [-0.1, -0.05) is 36.4 Å². The van der Waals surface area contributed by atoms with Crippen molar-refractivity contribution >= 4 is 23.1 Å². The monoisotopic (exact) mass is 559 g/mol. The van der Waals surface area contributed by atoms with Crippen molar-refractivity contribution in [2.45, 2.75) is 38.0 Å². The van der Waals surface area contributed by atoms with Crippen LogP contribution in [0.25, 0.3) is 0 Å². The van der Waals surface area contributed by atoms with Gasteiger partial charge in [0, 0.05) is 46.5 Å². The standard InChI is InChI=1S/C32H33NO6S/c1-19-28(32(35)39-13-12-20-9-6-5-7-10-20)29(22-17-25(36-2)31(38-4)26(18-22)37-3)30-23(33-19)15-21(16-24(30)34)27-11-8-14-40-27/h5-11,14,17-18,21,29,33H,12-13,15-16H2,1-4H3/t21-,29-/m1/s1. The van der Waals surface area contributed by atoms with Crippen molar-refractivity contribution in [2.24, 2.45) is 0 Å². The lowest BCUT2D eigenvalue weighted by molar-refractivity contribution is -0.139. The maximum absolute atomic E-state index is 13.9. The van der Waals surface area contributed by atoms with Gasteiger partial charge in [0.05, 0.1) is 33.5 Å². The molecule has 3 aromatic rings. The zero-order valence-corrected chi connectivity index (χ0v) is 23.9. The second-order valence-corrected chi connectivity index (χ2v) is 10.8. The highest BCUT2D eigenvalue weighted by Crippen LogP contribution is 2.49. The van der Waals surface area contributed by atoms with Crippen molar-refractivity contribution < 1.29 is 28.5 Å². The number of carbonyl (C=O) groups excluding carboxylic acids is 2. The fourth-order valence-corrected chi connectivity index (χ4v) is 6.45. The molecule has 2 aliphatic rings. The van der Waals surface area contributed by atoms with Crippen LogP contribution in [-0.2, 0) is 20.7 Å². The summed E-state index contributed by atoms with van der Waals surface area (Å²) >= 11 is 1.66. The number of rotatable bonds is 9. The number of nitrogens with one attached hydrogen (secondary N) is 1. The average Bonchev–Trinajstić information content (AvgIpc) is 3.51. The molecule has 40 heavy (non-hydrogen) atoms. The van der Waals surface area contributed by atoms with E-state index in [0.29, 0.717) is 58.9 Å². The zero-order chi connectivity index (χ0) is 28.2. The number of esters is 1. The van der Waals surface area contributed by atoms with Crippen LogP contribution in [0.3, 0.4) is 0 Å². The molecule has 1 aliphatic heterocycles. The minimum Gasteiger partial charge on any atom is -0.493 e. The van der Waals surface area contributed by atoms with E-state index in [1.807, 2.05) is 60.8 Å². The third-order valence-electron chi connectivity index (χ3n) is 7.48. The van der Waals surface area contributed by atoms with Gasteiger partial charge in [0.25, 0.3) is 0 Å². The summed E-state index contributed by atoms with van der Waals surface area (Å²) in [6.45, 7) is 2.09. The van der Waals surface area contributed by atoms with E-state index in [2.05, 4.69) is 11.4 Å². The molecule has 2 heterocycles. The molecule has 0 bridgehead atoms. The second kappa shape index (κ2) is 12.0. The molecule has 7 nitrogen and oxygen atoms in total. The summed E-state index contributed by atoms with van der Waals surface area (Å²) in [6.07, 6.45) is 1.64. The summed E-state index contributed by atoms with van der Waals surface area (Å²) < 4.78 is 22.6. The Morgan fingerprint density at radius 1 is 0.975 bits per heavy atom. The third kappa shape index (κ3) is 5.36. The maximum Gasteiger partial charge on any atom is 0.336 e. The summed E-state index contributed by atoms with van der Waals surface area (Å²) in [5, 5.41) is 5.45. The number of hydrogen-bond acceptors (Lipinski definition) is 8. The molecule has 5 rings (SSSR count). The van der Waals surface area contributed by atoms with Crippen molar-refractivity contribution in [3.05, 3.63) is 98.5 Å². The number of carbonyl (C=O) groups is 2. The number of hydrogen-bond donors (Lipinski definition) is 1. The number of allylic oxidation sites excluding steroid dienone is 3. The van der Waals surface area contributed by atoms with E-state index in [1.165, 1.54) is 4.88 Å². The Balaban J connectivity index is 1.55. The zero-order valence-electron chi connectivity index (χ0n) is 23.1. The predicted molar refractivity (Wildman–Crippen MR) is 154 cm³/mol. The molecular formula is C32H33NO6S. The van der Waals surface area contributed by atoms with Crippen LogP contribution < -0.4 is 19.5 Å². The fourth-order valence-electron chi connectivity index (χ4n) is 5.62. The molecule has 2 atom stereocenters. The number of benzene rings is 2. The molecular weight excluding hydrogens is 526 g/mol. The Morgan fingerprint density at radius 3 is 2.33 bits per heavy atom. The molecule has 0 radical (unpaired) electrons. The highest BCUT2D eigenvalue weighted by Gasteiger charge is 2.42. The summed E-state index contributed by atoms with van der Waals surface area (Å²) in [5.74, 6) is 0.334. The average molecular weight is 560 g/mol. The largest absolute Gasteiger partial charge is 0.493 e. The number of methoxy groups -OCH3 is 3. The molecule has 0 fully saturated rings. The molecule has 1 aromatic heterocycles. The number of ketones is 1. The predicted octanol–water partition coefficient (Wildman–Crippen LogP) is 5.92. The van der Waals surface area contributed by atoms with Gasteiger partial charge in [-0.25, -0.2) is 4.79 Å². The lowest BCUT2D eigenvalue weighted by atomic mass is 9.72. The second-order valence-electron chi connectivity index (χ2n) is 9.86. The smallest absolute Gasteiger partial charge is 0.336 e. The highest BCUT2D eigenvalue weighted by atomic mass is 32.1. The molecule has 2 aromatic carbocycles. The van der Waals surface area contributed by atoms with E-state index >= 15 is 0 Å². The summed E-state index contributed by atoms with van der Waals surface area (Å²) in [5.41, 5.74) is 4.28. The lowest BCUT2D eigenvalue weighted by Crippen LogP contribution is -2.36. The third-order valence-corrected chi connectivity index (χ3v) is 8.51. The quantitative estimate of drug-likeness (QED) is 0.326. The summed E-state index contributed by atoms with van der Waals surface area (Å²) in [4.78, 5) is 28.8. The van der Waals surface area contributed by atoms with Crippen LogP contribution in [0.15, 0.2) is 82.5 Å². The highest BCUT2D eigenvalue weighted by molar-refractivity contribution is 7.10. The van der Waals surface area contributed by atoms with Crippen LogP contribution in [0, 0.1) is 0 Å². The van der Waals surface area contributed by atoms with Crippen LogP contribution >= 0.6 is 11.3 Å². The Labute approximate surface area is 238 Å². The molecule has 8 heteroatoms. The Bertz CT molecular complexity index is 1430. The van der Waals surface area contributed by atoms with Crippen molar-refractivity contribution in [3.63, 3.8) is 0 Å². The van der Waals surface area contributed by atoms with Gasteiger partial charge < -0.3 is 24.3 Å². The normalized spacial score (nSPS) is 18.6. The molecule has 0 saturated heterocycles. The topological polar surface area (TPSA) is 83.1 Å². The number of dihydropyridines is 1. The number of ether oxygens (including phenoxy) is 4. The van der Waals surface area contributed by atoms with Crippen molar-refractivity contribution in [1.82, 2.24) is 5.32 Å². The van der Waals surface area contributed by atoms with Crippen molar-refractivity contribution in [3.8, 4) is 17.2 Å². The van der Waals surface area contributed by atoms with Gasteiger partial charge in [-0.2, -0.15) is 0 Å². The van der Waals surface area contributed by atoms with E-state index in [4.69, 9.17) is 18.9 Å². The first-order valence-electron chi connectivity index (χ1n) is 13.2. The van der Waals surface area contributed by atoms with Gasteiger partial charge in [-0.3, -0.25) is 4.79 Å². The maximum atomic E-state index is 13.9. The van der Waals surface area contributed by atoms with E-state index < -0.39 is 11.9 Å². The van der Waals surface area contributed by atoms with E-state index in [-0.39, 0.29) is 18.3 Å². The van der Waals surface area contributed by atoms with E-state index in [1.54, 1.807) is 32.7 Å². The molecule has 1 aliphatic carbocycles. The van der Waals surface area contributed by atoms with Gasteiger partial charge in [-0.15, -0.1) is 11.3 Å². The molecule has 0 spiro atoms. The van der Waals surface area contributed by atoms with Gasteiger partial charge in [0.1, 0.15) is 0 Å². The molecule has 1 N–H and O–H groups in total. The van der Waals surface area contributed by atoms with Crippen molar-refractivity contribution in [1.29, 1.82) is 0 Å². The molecule has 0 amide bonds.